The van der Waals surface area contributed by atoms with Gasteiger partial charge in [0.05, 0.1) is 27.0 Å². The Hall–Kier alpha value is -2.04. The van der Waals surface area contributed by atoms with E-state index in [0.29, 0.717) is 15.9 Å². The van der Waals surface area contributed by atoms with E-state index in [-0.39, 0.29) is 0 Å². The molecule has 0 aliphatic rings. The summed E-state index contributed by atoms with van der Waals surface area (Å²) in [5.41, 5.74) is 9.07. The van der Waals surface area contributed by atoms with Gasteiger partial charge < -0.3 is 5.73 Å². The van der Waals surface area contributed by atoms with Crippen LogP contribution in [0.4, 0.5) is 5.82 Å². The topological polar surface area (TPSA) is 67.6 Å². The number of nitrogens with zero attached hydrogens (tertiary/aromatic N) is 2. The lowest BCUT2D eigenvalue weighted by molar-refractivity contribution is 1.09. The van der Waals surface area contributed by atoms with Gasteiger partial charge >= 0.3 is 0 Å². The molecule has 100 valence electrons. The molecule has 0 saturated heterocycles. The number of benzene rings is 1. The Morgan fingerprint density at radius 2 is 1.90 bits per heavy atom. The van der Waals surface area contributed by atoms with Gasteiger partial charge in [0.25, 0.3) is 0 Å². The smallest absolute Gasteiger partial charge is 0.153 e. The van der Waals surface area contributed by atoms with E-state index in [9.17, 15) is 0 Å². The van der Waals surface area contributed by atoms with Gasteiger partial charge in [-0.2, -0.15) is 5.10 Å². The molecule has 3 N–H and O–H groups in total. The summed E-state index contributed by atoms with van der Waals surface area (Å²) in [6, 6.07) is 11.0. The first-order valence-corrected chi connectivity index (χ1v) is 6.63. The molecule has 0 saturated carbocycles. The maximum absolute atomic E-state index is 6.06. The van der Waals surface area contributed by atoms with Gasteiger partial charge in [-0.1, -0.05) is 35.3 Å². The second-order valence-corrected chi connectivity index (χ2v) is 5.02. The van der Waals surface area contributed by atoms with Crippen molar-refractivity contribution in [2.45, 2.75) is 0 Å². The van der Waals surface area contributed by atoms with Crippen LogP contribution in [0.15, 0.2) is 42.6 Å². The number of nitrogen functional groups attached to an aromatic ring is 1. The summed E-state index contributed by atoms with van der Waals surface area (Å²) in [6.45, 7) is 0. The summed E-state index contributed by atoms with van der Waals surface area (Å²) in [5.74, 6) is 0.393. The predicted molar refractivity (Wildman–Crippen MR) is 81.7 cm³/mol. The van der Waals surface area contributed by atoms with Gasteiger partial charge in [0, 0.05) is 6.20 Å². The maximum Gasteiger partial charge on any atom is 0.153 e. The van der Waals surface area contributed by atoms with Gasteiger partial charge in [-0.3, -0.25) is 10.1 Å². The number of aromatic nitrogens is 3. The molecular formula is C14H10Cl2N4. The van der Waals surface area contributed by atoms with E-state index in [0.717, 1.165) is 22.5 Å². The molecule has 0 unspecified atom stereocenters. The van der Waals surface area contributed by atoms with Gasteiger partial charge in [-0.05, 0) is 29.8 Å². The second-order valence-electron chi connectivity index (χ2n) is 4.20. The van der Waals surface area contributed by atoms with Crippen molar-refractivity contribution in [3.05, 3.63) is 52.6 Å². The zero-order valence-electron chi connectivity index (χ0n) is 10.3. The zero-order chi connectivity index (χ0) is 14.1. The van der Waals surface area contributed by atoms with Crippen molar-refractivity contribution in [3.8, 4) is 22.5 Å². The quantitative estimate of drug-likeness (QED) is 0.751. The molecule has 3 aromatic rings. The molecule has 0 aliphatic carbocycles. The van der Waals surface area contributed by atoms with Crippen LogP contribution in [0.5, 0.6) is 0 Å². The van der Waals surface area contributed by atoms with Gasteiger partial charge in [0.2, 0.25) is 0 Å². The average molecular weight is 305 g/mol. The average Bonchev–Trinajstić information content (AvgIpc) is 2.85. The largest absolute Gasteiger partial charge is 0.382 e. The summed E-state index contributed by atoms with van der Waals surface area (Å²) in [5, 5.41) is 7.93. The Morgan fingerprint density at radius 1 is 1.05 bits per heavy atom. The van der Waals surface area contributed by atoms with Crippen molar-refractivity contribution in [1.82, 2.24) is 15.2 Å². The highest BCUT2D eigenvalue weighted by atomic mass is 35.5. The van der Waals surface area contributed by atoms with Gasteiger partial charge in [0.1, 0.15) is 0 Å². The van der Waals surface area contributed by atoms with Crippen molar-refractivity contribution in [2.24, 2.45) is 0 Å². The molecule has 6 heteroatoms. The molecule has 0 amide bonds. The fraction of sp³-hybridized carbons (Fsp3) is 0. The number of nitrogens with one attached hydrogen (secondary N) is 1. The number of pyridine rings is 1. The lowest BCUT2D eigenvalue weighted by Gasteiger charge is -2.05. The summed E-state index contributed by atoms with van der Waals surface area (Å²) in [7, 11) is 0. The minimum absolute atomic E-state index is 0.393. The lowest BCUT2D eigenvalue weighted by atomic mass is 10.0. The fourth-order valence-corrected chi connectivity index (χ4v) is 2.29. The monoisotopic (exact) mass is 304 g/mol. The van der Waals surface area contributed by atoms with Crippen LogP contribution in [0.25, 0.3) is 22.5 Å². The zero-order valence-corrected chi connectivity index (χ0v) is 11.8. The summed E-state index contributed by atoms with van der Waals surface area (Å²) in [6.07, 6.45) is 1.71. The highest BCUT2D eigenvalue weighted by Gasteiger charge is 2.16. The number of hydrogen-bond donors (Lipinski definition) is 2. The normalized spacial score (nSPS) is 10.7. The molecule has 1 aromatic carbocycles. The first-order valence-electron chi connectivity index (χ1n) is 5.87. The van der Waals surface area contributed by atoms with Crippen molar-refractivity contribution < 1.29 is 0 Å². The highest BCUT2D eigenvalue weighted by molar-refractivity contribution is 6.42. The van der Waals surface area contributed by atoms with Gasteiger partial charge in [0.15, 0.2) is 5.82 Å². The molecule has 2 heterocycles. The summed E-state index contributed by atoms with van der Waals surface area (Å²) < 4.78 is 0. The van der Waals surface area contributed by atoms with Crippen LogP contribution in [0.1, 0.15) is 0 Å². The predicted octanol–water partition coefficient (Wildman–Crippen LogP) is 4.03. The molecule has 3 rings (SSSR count). The van der Waals surface area contributed by atoms with Crippen LogP contribution in [-0.2, 0) is 0 Å². The fourth-order valence-electron chi connectivity index (χ4n) is 2.00. The first-order chi connectivity index (χ1) is 9.66. The third kappa shape index (κ3) is 2.24. The van der Waals surface area contributed by atoms with Crippen molar-refractivity contribution >= 4 is 29.0 Å². The Balaban J connectivity index is 2.19. The molecule has 0 bridgehead atoms. The maximum atomic E-state index is 6.06. The number of nitrogens with two attached hydrogens (primary N) is 1. The third-order valence-electron chi connectivity index (χ3n) is 2.92. The molecular weight excluding hydrogens is 295 g/mol. The van der Waals surface area contributed by atoms with E-state index in [1.54, 1.807) is 18.3 Å². The molecule has 0 spiro atoms. The number of halogens is 2. The standard InChI is InChI=1S/C14H10Cl2N4/c15-9-5-4-8(7-10(9)16)12-13(19-20-14(12)17)11-3-1-2-6-18-11/h1-7H,(H3,17,19,20). The van der Waals surface area contributed by atoms with Crippen LogP contribution in [0.2, 0.25) is 10.0 Å². The number of anilines is 1. The molecule has 4 nitrogen and oxygen atoms in total. The van der Waals surface area contributed by atoms with Crippen LogP contribution in [-0.4, -0.2) is 15.2 Å². The van der Waals surface area contributed by atoms with E-state index in [4.69, 9.17) is 28.9 Å². The van der Waals surface area contributed by atoms with Crippen LogP contribution >= 0.6 is 23.2 Å². The highest BCUT2D eigenvalue weighted by Crippen LogP contribution is 2.36. The van der Waals surface area contributed by atoms with E-state index in [2.05, 4.69) is 15.2 Å². The molecule has 0 atom stereocenters. The molecule has 2 aromatic heterocycles. The minimum Gasteiger partial charge on any atom is -0.382 e. The Kier molecular flexibility index (Phi) is 3.34. The lowest BCUT2D eigenvalue weighted by Crippen LogP contribution is -1.90. The van der Waals surface area contributed by atoms with Crippen LogP contribution in [0.3, 0.4) is 0 Å². The van der Waals surface area contributed by atoms with Crippen LogP contribution in [0, 0.1) is 0 Å². The number of H-pyrrole nitrogens is 1. The molecule has 0 radical (unpaired) electrons. The Bertz CT molecular complexity index is 753. The Labute approximate surface area is 125 Å². The number of hydrogen-bond acceptors (Lipinski definition) is 3. The summed E-state index contributed by atoms with van der Waals surface area (Å²) >= 11 is 12.0. The van der Waals surface area contributed by atoms with E-state index < -0.39 is 0 Å². The van der Waals surface area contributed by atoms with Crippen molar-refractivity contribution in [1.29, 1.82) is 0 Å². The first kappa shape index (κ1) is 13.0. The van der Waals surface area contributed by atoms with Crippen molar-refractivity contribution in [2.75, 3.05) is 5.73 Å². The van der Waals surface area contributed by atoms with Crippen molar-refractivity contribution in [3.63, 3.8) is 0 Å². The minimum atomic E-state index is 0.393. The summed E-state index contributed by atoms with van der Waals surface area (Å²) in [4.78, 5) is 4.30. The number of aromatic amines is 1. The second kappa shape index (κ2) is 5.15. The third-order valence-corrected chi connectivity index (χ3v) is 3.66. The molecule has 20 heavy (non-hydrogen) atoms. The molecule has 0 aliphatic heterocycles. The number of rotatable bonds is 2. The Morgan fingerprint density at radius 3 is 2.60 bits per heavy atom. The van der Waals surface area contributed by atoms with E-state index in [1.807, 2.05) is 24.3 Å². The SMILES string of the molecule is Nc1n[nH]c(-c2ccccn2)c1-c1ccc(Cl)c(Cl)c1. The van der Waals surface area contributed by atoms with E-state index >= 15 is 0 Å². The van der Waals surface area contributed by atoms with E-state index in [1.165, 1.54) is 0 Å². The van der Waals surface area contributed by atoms with Gasteiger partial charge in [-0.15, -0.1) is 0 Å². The van der Waals surface area contributed by atoms with Gasteiger partial charge in [-0.25, -0.2) is 0 Å². The molecule has 0 fully saturated rings. The van der Waals surface area contributed by atoms with Crippen LogP contribution < -0.4 is 5.73 Å².